The van der Waals surface area contributed by atoms with Gasteiger partial charge in [0.15, 0.2) is 0 Å². The third-order valence-electron chi connectivity index (χ3n) is 4.29. The highest BCUT2D eigenvalue weighted by atomic mass is 16.7. The lowest BCUT2D eigenvalue weighted by atomic mass is 10.1. The zero-order chi connectivity index (χ0) is 20.0. The Hall–Kier alpha value is -2.89. The lowest BCUT2D eigenvalue weighted by Crippen LogP contribution is -2.24. The van der Waals surface area contributed by atoms with Gasteiger partial charge in [0.1, 0.15) is 11.5 Å². The maximum absolute atomic E-state index is 12.0. The average Bonchev–Trinajstić information content (AvgIpc) is 2.74. The first kappa shape index (κ1) is 21.4. The molecule has 0 saturated heterocycles. The predicted molar refractivity (Wildman–Crippen MR) is 111 cm³/mol. The maximum atomic E-state index is 12.0. The Morgan fingerprint density at radius 3 is 2.46 bits per heavy atom. The second-order valence-corrected chi connectivity index (χ2v) is 6.46. The number of oxime groups is 1. The fourth-order valence-corrected chi connectivity index (χ4v) is 2.71. The van der Waals surface area contributed by atoms with Gasteiger partial charge in [-0.25, -0.2) is 4.79 Å². The van der Waals surface area contributed by atoms with Crippen LogP contribution < -0.4 is 10.1 Å². The maximum Gasteiger partial charge on any atom is 0.433 e. The van der Waals surface area contributed by atoms with Crippen molar-refractivity contribution in [3.63, 3.8) is 0 Å². The van der Waals surface area contributed by atoms with Gasteiger partial charge in [0.2, 0.25) is 0 Å². The number of benzene rings is 1. The van der Waals surface area contributed by atoms with E-state index in [1.165, 1.54) is 25.7 Å². The Morgan fingerprint density at radius 2 is 1.79 bits per heavy atom. The van der Waals surface area contributed by atoms with E-state index >= 15 is 0 Å². The molecular weight excluding hydrogens is 354 g/mol. The van der Waals surface area contributed by atoms with Crippen molar-refractivity contribution < 1.29 is 14.4 Å². The lowest BCUT2D eigenvalue weighted by Gasteiger charge is -2.08. The molecule has 1 aromatic heterocycles. The molecule has 0 spiro atoms. The van der Waals surface area contributed by atoms with Crippen molar-refractivity contribution in [1.29, 1.82) is 0 Å². The number of unbranched alkanes of at least 4 members (excludes halogenated alkanes) is 5. The van der Waals surface area contributed by atoms with Crippen molar-refractivity contribution in [1.82, 2.24) is 10.3 Å². The molecule has 150 valence electrons. The first-order valence-electron chi connectivity index (χ1n) is 9.83. The molecule has 1 heterocycles. The van der Waals surface area contributed by atoms with Crippen LogP contribution in [0.25, 0.3) is 0 Å². The van der Waals surface area contributed by atoms with Gasteiger partial charge in [-0.3, -0.25) is 9.82 Å². The van der Waals surface area contributed by atoms with Crippen molar-refractivity contribution in [3.8, 4) is 5.75 Å². The van der Waals surface area contributed by atoms with E-state index in [4.69, 9.17) is 9.57 Å². The Morgan fingerprint density at radius 1 is 1.04 bits per heavy atom. The number of pyridine rings is 1. The van der Waals surface area contributed by atoms with Gasteiger partial charge in [0.05, 0.1) is 12.8 Å². The van der Waals surface area contributed by atoms with Gasteiger partial charge in [-0.05, 0) is 42.8 Å². The molecule has 1 N–H and O–H groups in total. The molecule has 0 fully saturated rings. The number of aromatic nitrogens is 1. The van der Waals surface area contributed by atoms with Gasteiger partial charge in [0.25, 0.3) is 0 Å². The van der Waals surface area contributed by atoms with Crippen LogP contribution in [0.4, 0.5) is 4.79 Å². The zero-order valence-corrected chi connectivity index (χ0v) is 16.7. The summed E-state index contributed by atoms with van der Waals surface area (Å²) in [6, 6.07) is 12.9. The molecule has 0 aliphatic heterocycles. The average molecular weight is 383 g/mol. The minimum atomic E-state index is -0.560. The highest BCUT2D eigenvalue weighted by Gasteiger charge is 2.11. The van der Waals surface area contributed by atoms with Crippen molar-refractivity contribution in [2.24, 2.45) is 5.16 Å². The molecule has 1 amide bonds. The summed E-state index contributed by atoms with van der Waals surface area (Å²) >= 11 is 0. The predicted octanol–water partition coefficient (Wildman–Crippen LogP) is 4.93. The highest BCUT2D eigenvalue weighted by Crippen LogP contribution is 2.15. The van der Waals surface area contributed by atoms with Gasteiger partial charge in [-0.1, -0.05) is 50.2 Å². The van der Waals surface area contributed by atoms with Gasteiger partial charge in [0, 0.05) is 18.3 Å². The molecule has 0 atom stereocenters. The number of rotatable bonds is 11. The van der Waals surface area contributed by atoms with E-state index in [1.807, 2.05) is 42.5 Å². The third-order valence-corrected chi connectivity index (χ3v) is 4.29. The molecule has 2 rings (SSSR count). The van der Waals surface area contributed by atoms with Crippen LogP contribution in [-0.4, -0.2) is 30.4 Å². The summed E-state index contributed by atoms with van der Waals surface area (Å²) in [6.45, 7) is 2.78. The monoisotopic (exact) mass is 383 g/mol. The minimum Gasteiger partial charge on any atom is -0.497 e. The van der Waals surface area contributed by atoms with Crippen LogP contribution >= 0.6 is 0 Å². The fourth-order valence-electron chi connectivity index (χ4n) is 2.71. The molecule has 2 aromatic rings. The van der Waals surface area contributed by atoms with Crippen LogP contribution in [0.2, 0.25) is 0 Å². The smallest absolute Gasteiger partial charge is 0.433 e. The minimum absolute atomic E-state index is 0.484. The second kappa shape index (κ2) is 12.5. The van der Waals surface area contributed by atoms with Crippen molar-refractivity contribution in [2.75, 3.05) is 13.7 Å². The summed E-state index contributed by atoms with van der Waals surface area (Å²) in [5.41, 5.74) is 1.89. The van der Waals surface area contributed by atoms with E-state index < -0.39 is 6.09 Å². The van der Waals surface area contributed by atoms with Crippen molar-refractivity contribution >= 4 is 11.8 Å². The molecule has 6 heteroatoms. The Kier molecular flexibility index (Phi) is 9.55. The van der Waals surface area contributed by atoms with E-state index in [1.54, 1.807) is 13.3 Å². The van der Waals surface area contributed by atoms with Gasteiger partial charge in [-0.2, -0.15) is 0 Å². The van der Waals surface area contributed by atoms with Crippen LogP contribution in [0.1, 0.15) is 56.7 Å². The van der Waals surface area contributed by atoms with Crippen LogP contribution in [0.15, 0.2) is 53.8 Å². The Balaban J connectivity index is 1.93. The van der Waals surface area contributed by atoms with Crippen molar-refractivity contribution in [2.45, 2.75) is 45.4 Å². The summed E-state index contributed by atoms with van der Waals surface area (Å²) in [6.07, 6.45) is 8.11. The molecule has 0 saturated carbocycles. The molecule has 0 bridgehead atoms. The van der Waals surface area contributed by atoms with Crippen molar-refractivity contribution in [3.05, 3.63) is 59.9 Å². The van der Waals surface area contributed by atoms with Crippen LogP contribution in [-0.2, 0) is 4.84 Å². The molecule has 0 radical (unpaired) electrons. The number of amides is 1. The number of carbonyl (C=O) groups excluding carboxylic acids is 1. The number of methoxy groups -OCH3 is 1. The largest absolute Gasteiger partial charge is 0.497 e. The van der Waals surface area contributed by atoms with Gasteiger partial charge < -0.3 is 10.1 Å². The first-order valence-corrected chi connectivity index (χ1v) is 9.83. The summed E-state index contributed by atoms with van der Waals surface area (Å²) in [5, 5.41) is 6.80. The fraction of sp³-hybridized carbons (Fsp3) is 0.409. The van der Waals surface area contributed by atoms with E-state index in [2.05, 4.69) is 22.4 Å². The second-order valence-electron chi connectivity index (χ2n) is 6.46. The quantitative estimate of drug-likeness (QED) is 0.258. The zero-order valence-electron chi connectivity index (χ0n) is 16.7. The topological polar surface area (TPSA) is 72.8 Å². The third kappa shape index (κ3) is 7.39. The number of carbonyl (C=O) groups is 1. The number of hydrogen-bond donors (Lipinski definition) is 1. The molecular formula is C22H29N3O3. The number of nitrogens with one attached hydrogen (secondary N) is 1. The standard InChI is InChI=1S/C22H29N3O3/c1-3-4-5-6-7-9-17-24-22(26)28-25-21(20-11-8-10-16-23-20)18-12-14-19(27-2)15-13-18/h8,10-16H,3-7,9,17H2,1-2H3,(H,24,26). The first-order chi connectivity index (χ1) is 13.7. The summed E-state index contributed by atoms with van der Waals surface area (Å²) in [4.78, 5) is 21.4. The van der Waals surface area contributed by atoms with E-state index in [0.717, 1.165) is 24.2 Å². The number of hydrogen-bond acceptors (Lipinski definition) is 5. The molecule has 28 heavy (non-hydrogen) atoms. The Labute approximate surface area is 167 Å². The van der Waals surface area contributed by atoms with Gasteiger partial charge in [-0.15, -0.1) is 0 Å². The normalized spacial score (nSPS) is 11.1. The van der Waals surface area contributed by atoms with E-state index in [0.29, 0.717) is 18.0 Å². The Bertz CT molecular complexity index is 730. The van der Waals surface area contributed by atoms with Crippen LogP contribution in [0.5, 0.6) is 5.75 Å². The summed E-state index contributed by atoms with van der Waals surface area (Å²) < 4.78 is 5.19. The summed E-state index contributed by atoms with van der Waals surface area (Å²) in [7, 11) is 1.61. The number of nitrogens with zero attached hydrogens (tertiary/aromatic N) is 2. The molecule has 6 nitrogen and oxygen atoms in total. The number of ether oxygens (including phenoxy) is 1. The van der Waals surface area contributed by atoms with E-state index in [-0.39, 0.29) is 0 Å². The SMILES string of the molecule is CCCCCCCCNC(=O)ON=C(c1ccc(OC)cc1)c1ccccn1. The highest BCUT2D eigenvalue weighted by molar-refractivity contribution is 6.11. The van der Waals surface area contributed by atoms with Crippen LogP contribution in [0, 0.1) is 0 Å². The van der Waals surface area contributed by atoms with Crippen LogP contribution in [0.3, 0.4) is 0 Å². The molecule has 0 aliphatic rings. The molecule has 0 unspecified atom stereocenters. The molecule has 1 aromatic carbocycles. The summed E-state index contributed by atoms with van der Waals surface area (Å²) in [5.74, 6) is 0.738. The van der Waals surface area contributed by atoms with E-state index in [9.17, 15) is 4.79 Å². The van der Waals surface area contributed by atoms with Gasteiger partial charge >= 0.3 is 6.09 Å². The lowest BCUT2D eigenvalue weighted by molar-refractivity contribution is 0.150. The molecule has 0 aliphatic carbocycles.